The molecule has 0 saturated carbocycles. The summed E-state index contributed by atoms with van der Waals surface area (Å²) in [7, 11) is 1.56. The maximum atomic E-state index is 11.1. The molecular formula is C11H14N2O. The second-order valence-corrected chi connectivity index (χ2v) is 2.51. The van der Waals surface area contributed by atoms with E-state index in [2.05, 4.69) is 24.7 Å². The second-order valence-electron chi connectivity index (χ2n) is 2.51. The van der Waals surface area contributed by atoms with Gasteiger partial charge < -0.3 is 5.73 Å². The maximum absolute atomic E-state index is 11.1. The van der Waals surface area contributed by atoms with E-state index in [1.807, 2.05) is 0 Å². The molecule has 0 aliphatic rings. The summed E-state index contributed by atoms with van der Waals surface area (Å²) in [5.41, 5.74) is 6.61. The fraction of sp³-hybridized carbons (Fsp3) is 0.0909. The molecule has 0 aliphatic heterocycles. The summed E-state index contributed by atoms with van der Waals surface area (Å²) in [6, 6.07) is 0. The van der Waals surface area contributed by atoms with Crippen molar-refractivity contribution >= 4 is 12.1 Å². The molecule has 1 amide bonds. The van der Waals surface area contributed by atoms with Crippen LogP contribution in [0.1, 0.15) is 0 Å². The Morgan fingerprint density at radius 1 is 1.29 bits per heavy atom. The van der Waals surface area contributed by atoms with Gasteiger partial charge in [-0.05, 0) is 11.1 Å². The van der Waals surface area contributed by atoms with Gasteiger partial charge in [0.25, 0.3) is 5.91 Å². The number of nitrogens with two attached hydrogens (primary N) is 1. The van der Waals surface area contributed by atoms with E-state index in [1.54, 1.807) is 7.05 Å². The highest BCUT2D eigenvalue weighted by Gasteiger charge is 2.08. The number of rotatable bonds is 5. The van der Waals surface area contributed by atoms with Gasteiger partial charge in [-0.3, -0.25) is 9.79 Å². The standard InChI is InChI=1S/C11H14N2O/c1-5-8(3)9(6-2)10(7-13-4)11(12)14/h5-7H,1-3H2,4H3,(H2,12,14)/b10-9+,13-7?. The van der Waals surface area contributed by atoms with Crippen LogP contribution in [0.25, 0.3) is 0 Å². The number of carbonyl (C=O) groups is 1. The Labute approximate surface area is 84.0 Å². The van der Waals surface area contributed by atoms with E-state index in [1.165, 1.54) is 18.4 Å². The summed E-state index contributed by atoms with van der Waals surface area (Å²) in [6.45, 7) is 10.8. The van der Waals surface area contributed by atoms with Crippen LogP contribution in [-0.4, -0.2) is 19.2 Å². The van der Waals surface area contributed by atoms with E-state index in [0.29, 0.717) is 11.1 Å². The molecule has 0 fully saturated rings. The summed E-state index contributed by atoms with van der Waals surface area (Å²) in [5.74, 6) is -0.562. The Bertz CT molecular complexity index is 335. The quantitative estimate of drug-likeness (QED) is 0.397. The average Bonchev–Trinajstić information content (AvgIpc) is 2.16. The Kier molecular flexibility index (Phi) is 4.92. The van der Waals surface area contributed by atoms with Crippen molar-refractivity contribution in [2.75, 3.05) is 7.05 Å². The number of allylic oxidation sites excluding steroid dienone is 4. The predicted molar refractivity (Wildman–Crippen MR) is 60.2 cm³/mol. The summed E-state index contributed by atoms with van der Waals surface area (Å²) < 4.78 is 0. The Morgan fingerprint density at radius 2 is 1.86 bits per heavy atom. The zero-order valence-electron chi connectivity index (χ0n) is 8.29. The molecule has 0 unspecified atom stereocenters. The van der Waals surface area contributed by atoms with Crippen LogP contribution in [-0.2, 0) is 4.79 Å². The number of aliphatic imine (C=N–C) groups is 1. The van der Waals surface area contributed by atoms with Gasteiger partial charge in [-0.1, -0.05) is 31.9 Å². The first-order valence-corrected chi connectivity index (χ1v) is 3.98. The molecule has 0 aromatic rings. The highest BCUT2D eigenvalue weighted by atomic mass is 16.1. The first-order valence-electron chi connectivity index (χ1n) is 3.98. The highest BCUT2D eigenvalue weighted by Crippen LogP contribution is 2.14. The summed E-state index contributed by atoms with van der Waals surface area (Å²) >= 11 is 0. The average molecular weight is 190 g/mol. The van der Waals surface area contributed by atoms with E-state index < -0.39 is 5.91 Å². The van der Waals surface area contributed by atoms with Gasteiger partial charge in [-0.15, -0.1) is 0 Å². The molecule has 0 aliphatic carbocycles. The lowest BCUT2D eigenvalue weighted by Gasteiger charge is -2.04. The molecule has 0 saturated heterocycles. The minimum atomic E-state index is -0.562. The molecule has 3 nitrogen and oxygen atoms in total. The molecule has 0 aromatic heterocycles. The van der Waals surface area contributed by atoms with Crippen LogP contribution < -0.4 is 5.73 Å². The van der Waals surface area contributed by atoms with E-state index in [4.69, 9.17) is 5.73 Å². The maximum Gasteiger partial charge on any atom is 0.250 e. The first kappa shape index (κ1) is 12.1. The van der Waals surface area contributed by atoms with Gasteiger partial charge in [0, 0.05) is 13.3 Å². The SMILES string of the molecule is C=CC(=C)/C(C=C)=C(\C=NC)C(N)=O. The van der Waals surface area contributed by atoms with Gasteiger partial charge >= 0.3 is 0 Å². The van der Waals surface area contributed by atoms with Crippen molar-refractivity contribution in [1.29, 1.82) is 0 Å². The molecule has 14 heavy (non-hydrogen) atoms. The molecule has 0 aromatic carbocycles. The topological polar surface area (TPSA) is 55.4 Å². The van der Waals surface area contributed by atoms with Crippen LogP contribution >= 0.6 is 0 Å². The fourth-order valence-corrected chi connectivity index (χ4v) is 0.919. The van der Waals surface area contributed by atoms with Crippen molar-refractivity contribution in [2.45, 2.75) is 0 Å². The van der Waals surface area contributed by atoms with Crippen LogP contribution in [0.2, 0.25) is 0 Å². The lowest BCUT2D eigenvalue weighted by molar-refractivity contribution is -0.114. The normalized spacial score (nSPS) is 12.1. The van der Waals surface area contributed by atoms with Crippen LogP contribution in [0.15, 0.2) is 53.6 Å². The van der Waals surface area contributed by atoms with Gasteiger partial charge in [0.1, 0.15) is 0 Å². The van der Waals surface area contributed by atoms with E-state index >= 15 is 0 Å². The van der Waals surface area contributed by atoms with Crippen molar-refractivity contribution in [1.82, 2.24) is 0 Å². The number of hydrogen-bond donors (Lipinski definition) is 1. The lowest BCUT2D eigenvalue weighted by Crippen LogP contribution is -2.17. The second kappa shape index (κ2) is 5.70. The smallest absolute Gasteiger partial charge is 0.250 e. The molecule has 0 bridgehead atoms. The largest absolute Gasteiger partial charge is 0.366 e. The summed E-state index contributed by atoms with van der Waals surface area (Å²) in [4.78, 5) is 14.8. The molecule has 0 heterocycles. The Hall–Kier alpha value is -1.90. The van der Waals surface area contributed by atoms with Crippen molar-refractivity contribution < 1.29 is 4.79 Å². The van der Waals surface area contributed by atoms with Crippen molar-refractivity contribution in [3.63, 3.8) is 0 Å². The predicted octanol–water partition coefficient (Wildman–Crippen LogP) is 1.40. The third-order valence-corrected chi connectivity index (χ3v) is 1.61. The van der Waals surface area contributed by atoms with E-state index in [0.717, 1.165) is 0 Å². The van der Waals surface area contributed by atoms with Gasteiger partial charge in [-0.2, -0.15) is 0 Å². The van der Waals surface area contributed by atoms with Crippen LogP contribution in [0.3, 0.4) is 0 Å². The van der Waals surface area contributed by atoms with Crippen LogP contribution in [0, 0.1) is 0 Å². The van der Waals surface area contributed by atoms with Crippen molar-refractivity contribution in [3.8, 4) is 0 Å². The van der Waals surface area contributed by atoms with E-state index in [-0.39, 0.29) is 5.57 Å². The third-order valence-electron chi connectivity index (χ3n) is 1.61. The van der Waals surface area contributed by atoms with Crippen LogP contribution in [0.4, 0.5) is 0 Å². The summed E-state index contributed by atoms with van der Waals surface area (Å²) in [5, 5.41) is 0. The minimum Gasteiger partial charge on any atom is -0.366 e. The van der Waals surface area contributed by atoms with Gasteiger partial charge in [0.15, 0.2) is 0 Å². The van der Waals surface area contributed by atoms with E-state index in [9.17, 15) is 4.79 Å². The van der Waals surface area contributed by atoms with Crippen molar-refractivity contribution in [2.24, 2.45) is 10.7 Å². The number of primary amides is 1. The number of carbonyl (C=O) groups excluding carboxylic acids is 1. The number of nitrogens with zero attached hydrogens (tertiary/aromatic N) is 1. The third kappa shape index (κ3) is 2.86. The van der Waals surface area contributed by atoms with Gasteiger partial charge in [0.2, 0.25) is 0 Å². The number of amides is 1. The van der Waals surface area contributed by atoms with Gasteiger partial charge in [0.05, 0.1) is 5.57 Å². The first-order chi connectivity index (χ1) is 6.58. The molecule has 2 N–H and O–H groups in total. The zero-order chi connectivity index (χ0) is 11.1. The molecule has 0 radical (unpaired) electrons. The molecule has 0 spiro atoms. The minimum absolute atomic E-state index is 0.285. The zero-order valence-corrected chi connectivity index (χ0v) is 8.29. The van der Waals surface area contributed by atoms with Crippen molar-refractivity contribution in [3.05, 3.63) is 48.6 Å². The monoisotopic (exact) mass is 190 g/mol. The fourth-order valence-electron chi connectivity index (χ4n) is 0.919. The summed E-state index contributed by atoms with van der Waals surface area (Å²) in [6.07, 6.45) is 4.42. The molecule has 0 rings (SSSR count). The molecule has 0 atom stereocenters. The molecular weight excluding hydrogens is 176 g/mol. The lowest BCUT2D eigenvalue weighted by atomic mass is 10.0. The molecule has 3 heteroatoms. The van der Waals surface area contributed by atoms with Gasteiger partial charge in [-0.25, -0.2) is 0 Å². The number of hydrogen-bond acceptors (Lipinski definition) is 2. The molecule has 74 valence electrons. The Morgan fingerprint density at radius 3 is 2.14 bits per heavy atom. The highest BCUT2D eigenvalue weighted by molar-refractivity contribution is 6.13. The van der Waals surface area contributed by atoms with Crippen LogP contribution in [0.5, 0.6) is 0 Å². The Balaban J connectivity index is 5.52.